The molecule has 1 saturated heterocycles. The van der Waals surface area contributed by atoms with Crippen molar-refractivity contribution < 1.29 is 32.1 Å². The van der Waals surface area contributed by atoms with Crippen molar-refractivity contribution in [2.24, 2.45) is 0 Å². The van der Waals surface area contributed by atoms with Crippen LogP contribution in [0.5, 0.6) is 11.5 Å². The summed E-state index contributed by atoms with van der Waals surface area (Å²) in [6.07, 6.45) is -6.87. The summed E-state index contributed by atoms with van der Waals surface area (Å²) in [4.78, 5) is 0. The lowest BCUT2D eigenvalue weighted by atomic mass is 10.1. The van der Waals surface area contributed by atoms with Crippen molar-refractivity contribution in [1.82, 2.24) is 0 Å². The molecular weight excluding hydrogens is 277 g/mol. The second kappa shape index (κ2) is 5.88. The van der Waals surface area contributed by atoms with E-state index in [0.29, 0.717) is 6.61 Å². The molecule has 1 aromatic rings. The number of epoxide rings is 1. The summed E-state index contributed by atoms with van der Waals surface area (Å²) in [5.74, 6) is 0.250. The summed E-state index contributed by atoms with van der Waals surface area (Å²) in [7, 11) is 2.65. The first-order valence-corrected chi connectivity index (χ1v) is 5.98. The topological polar surface area (TPSA) is 40.2 Å². The van der Waals surface area contributed by atoms with E-state index in [1.54, 1.807) is 0 Å². The third-order valence-electron chi connectivity index (χ3n) is 2.86. The summed E-state index contributed by atoms with van der Waals surface area (Å²) in [5.41, 5.74) is -0.111. The maximum Gasteiger partial charge on any atom is 0.419 e. The van der Waals surface area contributed by atoms with E-state index >= 15 is 0 Å². The van der Waals surface area contributed by atoms with E-state index in [1.165, 1.54) is 32.4 Å². The van der Waals surface area contributed by atoms with E-state index in [-0.39, 0.29) is 29.8 Å². The first-order chi connectivity index (χ1) is 9.47. The molecule has 2 rings (SSSR count). The van der Waals surface area contributed by atoms with E-state index < -0.39 is 12.3 Å². The predicted molar refractivity (Wildman–Crippen MR) is 64.0 cm³/mol. The van der Waals surface area contributed by atoms with Crippen molar-refractivity contribution >= 4 is 0 Å². The zero-order valence-electron chi connectivity index (χ0n) is 11.1. The Morgan fingerprint density at radius 2 is 2.00 bits per heavy atom. The number of para-hydroxylation sites is 1. The number of hydrogen-bond donors (Lipinski definition) is 0. The monoisotopic (exact) mass is 292 g/mol. The molecule has 0 saturated carbocycles. The normalized spacial score (nSPS) is 19.6. The molecule has 1 heterocycles. The maximum atomic E-state index is 13.2. The molecule has 1 aromatic carbocycles. The molecule has 1 aliphatic rings. The predicted octanol–water partition coefficient (Wildman–Crippen LogP) is 2.72. The number of benzene rings is 1. The van der Waals surface area contributed by atoms with Gasteiger partial charge in [0, 0.05) is 5.56 Å². The Kier molecular flexibility index (Phi) is 4.39. The van der Waals surface area contributed by atoms with Gasteiger partial charge in [-0.3, -0.25) is 0 Å². The van der Waals surface area contributed by atoms with Crippen LogP contribution in [0, 0.1) is 0 Å². The molecule has 0 N–H and O–H groups in total. The van der Waals surface area contributed by atoms with E-state index in [9.17, 15) is 13.2 Å². The molecular formula is C13H15F3O4. The molecule has 0 bridgehead atoms. The average molecular weight is 292 g/mol. The highest BCUT2D eigenvalue weighted by Gasteiger charge is 2.44. The molecule has 112 valence electrons. The number of halogens is 3. The fraction of sp³-hybridized carbons (Fsp3) is 0.538. The molecule has 1 aliphatic heterocycles. The number of alkyl halides is 3. The van der Waals surface area contributed by atoms with Gasteiger partial charge in [0.05, 0.1) is 27.4 Å². The summed E-state index contributed by atoms with van der Waals surface area (Å²) >= 11 is 0. The van der Waals surface area contributed by atoms with Crippen molar-refractivity contribution in [3.05, 3.63) is 23.8 Å². The zero-order valence-corrected chi connectivity index (χ0v) is 11.1. The standard InChI is InChI=1S/C13H15F3O4/c1-17-10-5-3-4-9(11(10)18-2)12(13(14,15)16)20-7-8-6-19-8/h3-5,8,12H,6-7H2,1-2H3. The van der Waals surface area contributed by atoms with Crippen LogP contribution in [-0.2, 0) is 9.47 Å². The van der Waals surface area contributed by atoms with Crippen LogP contribution < -0.4 is 9.47 Å². The maximum absolute atomic E-state index is 13.2. The van der Waals surface area contributed by atoms with Crippen LogP contribution in [0.4, 0.5) is 13.2 Å². The molecule has 2 atom stereocenters. The Hall–Kier alpha value is -1.47. The van der Waals surface area contributed by atoms with Gasteiger partial charge in [-0.15, -0.1) is 0 Å². The first-order valence-electron chi connectivity index (χ1n) is 5.98. The molecule has 4 nitrogen and oxygen atoms in total. The van der Waals surface area contributed by atoms with Gasteiger partial charge in [0.25, 0.3) is 0 Å². The van der Waals surface area contributed by atoms with Crippen LogP contribution >= 0.6 is 0 Å². The van der Waals surface area contributed by atoms with Crippen molar-refractivity contribution in [3.8, 4) is 11.5 Å². The molecule has 2 unspecified atom stereocenters. The van der Waals surface area contributed by atoms with Crippen molar-refractivity contribution in [2.75, 3.05) is 27.4 Å². The fourth-order valence-corrected chi connectivity index (χ4v) is 1.85. The van der Waals surface area contributed by atoms with E-state index in [4.69, 9.17) is 18.9 Å². The summed E-state index contributed by atoms with van der Waals surface area (Å²) in [5, 5.41) is 0. The van der Waals surface area contributed by atoms with Gasteiger partial charge in [0.15, 0.2) is 17.6 Å². The van der Waals surface area contributed by atoms with Gasteiger partial charge in [-0.05, 0) is 6.07 Å². The lowest BCUT2D eigenvalue weighted by molar-refractivity contribution is -0.225. The van der Waals surface area contributed by atoms with Gasteiger partial charge in [0.2, 0.25) is 0 Å². The van der Waals surface area contributed by atoms with Crippen LogP contribution in [0.2, 0.25) is 0 Å². The van der Waals surface area contributed by atoms with Gasteiger partial charge in [-0.1, -0.05) is 12.1 Å². The van der Waals surface area contributed by atoms with Crippen LogP contribution in [0.25, 0.3) is 0 Å². The van der Waals surface area contributed by atoms with Gasteiger partial charge in [-0.25, -0.2) is 0 Å². The van der Waals surface area contributed by atoms with Crippen LogP contribution in [0.1, 0.15) is 11.7 Å². The zero-order chi connectivity index (χ0) is 14.8. The second-order valence-electron chi connectivity index (χ2n) is 4.29. The molecule has 20 heavy (non-hydrogen) atoms. The Labute approximate surface area is 114 Å². The van der Waals surface area contributed by atoms with Crippen LogP contribution in [0.15, 0.2) is 18.2 Å². The summed E-state index contributed by atoms with van der Waals surface area (Å²) in [6.45, 7) is 0.324. The highest BCUT2D eigenvalue weighted by molar-refractivity contribution is 5.48. The molecule has 0 amide bonds. The molecule has 7 heteroatoms. The third kappa shape index (κ3) is 3.34. The summed E-state index contributed by atoms with van der Waals surface area (Å²) < 4.78 is 59.4. The minimum Gasteiger partial charge on any atom is -0.493 e. The highest BCUT2D eigenvalue weighted by atomic mass is 19.4. The fourth-order valence-electron chi connectivity index (χ4n) is 1.85. The van der Waals surface area contributed by atoms with Crippen LogP contribution in [-0.4, -0.2) is 39.7 Å². The number of rotatable bonds is 6. The quantitative estimate of drug-likeness (QED) is 0.756. The Morgan fingerprint density at radius 3 is 2.50 bits per heavy atom. The molecule has 0 spiro atoms. The molecule has 0 aliphatic carbocycles. The highest BCUT2D eigenvalue weighted by Crippen LogP contribution is 2.43. The Morgan fingerprint density at radius 1 is 1.30 bits per heavy atom. The average Bonchev–Trinajstić information content (AvgIpc) is 3.21. The Balaban J connectivity index is 2.31. The molecule has 0 aromatic heterocycles. The van der Waals surface area contributed by atoms with E-state index in [1.807, 2.05) is 0 Å². The molecule has 0 radical (unpaired) electrons. The number of ether oxygens (including phenoxy) is 4. The minimum atomic E-state index is -4.55. The van der Waals surface area contributed by atoms with Crippen molar-refractivity contribution in [3.63, 3.8) is 0 Å². The van der Waals surface area contributed by atoms with Gasteiger partial charge >= 0.3 is 6.18 Å². The molecule has 1 fully saturated rings. The third-order valence-corrected chi connectivity index (χ3v) is 2.86. The van der Waals surface area contributed by atoms with E-state index in [2.05, 4.69) is 0 Å². The second-order valence-corrected chi connectivity index (χ2v) is 4.29. The van der Waals surface area contributed by atoms with Gasteiger partial charge < -0.3 is 18.9 Å². The minimum absolute atomic E-state index is 0.0223. The van der Waals surface area contributed by atoms with Crippen LogP contribution in [0.3, 0.4) is 0 Å². The lowest BCUT2D eigenvalue weighted by Crippen LogP contribution is -2.25. The SMILES string of the molecule is COc1cccc(C(OCC2CO2)C(F)(F)F)c1OC. The Bertz CT molecular complexity index is 457. The van der Waals surface area contributed by atoms with Crippen molar-refractivity contribution in [1.29, 1.82) is 0 Å². The lowest BCUT2D eigenvalue weighted by Gasteiger charge is -2.23. The van der Waals surface area contributed by atoms with E-state index in [0.717, 1.165) is 0 Å². The van der Waals surface area contributed by atoms with Gasteiger partial charge in [-0.2, -0.15) is 13.2 Å². The summed E-state index contributed by atoms with van der Waals surface area (Å²) in [6, 6.07) is 4.31. The largest absolute Gasteiger partial charge is 0.493 e. The van der Waals surface area contributed by atoms with Gasteiger partial charge in [0.1, 0.15) is 6.10 Å². The first kappa shape index (κ1) is 14.9. The number of methoxy groups -OCH3 is 2. The number of hydrogen-bond acceptors (Lipinski definition) is 4. The van der Waals surface area contributed by atoms with Crippen molar-refractivity contribution in [2.45, 2.75) is 18.4 Å². The smallest absolute Gasteiger partial charge is 0.419 e.